The number of rotatable bonds is 8. The second-order valence-corrected chi connectivity index (χ2v) is 5.49. The van der Waals surface area contributed by atoms with Crippen molar-refractivity contribution in [2.45, 2.75) is 64.8 Å². The van der Waals surface area contributed by atoms with E-state index in [2.05, 4.69) is 26.2 Å². The summed E-state index contributed by atoms with van der Waals surface area (Å²) in [5, 5.41) is 3.50. The highest BCUT2D eigenvalue weighted by molar-refractivity contribution is 4.80. The normalized spacial score (nSPS) is 27.0. The Morgan fingerprint density at radius 2 is 1.82 bits per heavy atom. The standard InChI is InChI=1S/C15H31NO/c1-4-11-17-12-10-15(16-3)14-8-6-13(5-2)7-9-14/h13-16H,4-12H2,1-3H3. The molecule has 2 heteroatoms. The van der Waals surface area contributed by atoms with Crippen LogP contribution < -0.4 is 5.32 Å². The Hall–Kier alpha value is -0.0800. The topological polar surface area (TPSA) is 21.3 Å². The highest BCUT2D eigenvalue weighted by Crippen LogP contribution is 2.33. The van der Waals surface area contributed by atoms with Gasteiger partial charge in [0.15, 0.2) is 0 Å². The maximum absolute atomic E-state index is 5.61. The van der Waals surface area contributed by atoms with Gasteiger partial charge in [0.1, 0.15) is 0 Å². The molecule has 0 spiro atoms. The second-order valence-electron chi connectivity index (χ2n) is 5.49. The SMILES string of the molecule is CCCOCCC(NC)C1CCC(CC)CC1. The van der Waals surface area contributed by atoms with E-state index in [1.54, 1.807) is 0 Å². The van der Waals surface area contributed by atoms with Crippen molar-refractivity contribution in [2.24, 2.45) is 11.8 Å². The average Bonchev–Trinajstić information content (AvgIpc) is 2.39. The molecular weight excluding hydrogens is 210 g/mol. The van der Waals surface area contributed by atoms with Crippen molar-refractivity contribution < 1.29 is 4.74 Å². The maximum atomic E-state index is 5.61. The Morgan fingerprint density at radius 3 is 2.35 bits per heavy atom. The van der Waals surface area contributed by atoms with Crippen LogP contribution >= 0.6 is 0 Å². The third kappa shape index (κ3) is 5.39. The minimum absolute atomic E-state index is 0.671. The molecule has 0 bridgehead atoms. The smallest absolute Gasteiger partial charge is 0.0480 e. The first kappa shape index (κ1) is 15.0. The van der Waals surface area contributed by atoms with Crippen molar-refractivity contribution in [2.75, 3.05) is 20.3 Å². The molecule has 0 radical (unpaired) electrons. The molecule has 0 heterocycles. The molecule has 0 aliphatic heterocycles. The molecular formula is C15H31NO. The van der Waals surface area contributed by atoms with Gasteiger partial charge in [0.05, 0.1) is 0 Å². The van der Waals surface area contributed by atoms with Crippen LogP contribution in [0.5, 0.6) is 0 Å². The van der Waals surface area contributed by atoms with Crippen LogP contribution in [0.2, 0.25) is 0 Å². The predicted molar refractivity (Wildman–Crippen MR) is 74.3 cm³/mol. The van der Waals surface area contributed by atoms with Gasteiger partial charge in [-0.25, -0.2) is 0 Å². The first-order chi connectivity index (χ1) is 8.31. The van der Waals surface area contributed by atoms with Crippen LogP contribution in [0.4, 0.5) is 0 Å². The van der Waals surface area contributed by atoms with E-state index in [1.165, 1.54) is 38.5 Å². The highest BCUT2D eigenvalue weighted by Gasteiger charge is 2.25. The fraction of sp³-hybridized carbons (Fsp3) is 1.00. The van der Waals surface area contributed by atoms with E-state index in [1.807, 2.05) is 0 Å². The molecule has 2 nitrogen and oxygen atoms in total. The van der Waals surface area contributed by atoms with Crippen LogP contribution in [-0.2, 0) is 4.74 Å². The highest BCUT2D eigenvalue weighted by atomic mass is 16.5. The summed E-state index contributed by atoms with van der Waals surface area (Å²) in [6, 6.07) is 0.671. The Bertz CT molecular complexity index is 176. The fourth-order valence-electron chi connectivity index (χ4n) is 3.07. The lowest BCUT2D eigenvalue weighted by molar-refractivity contribution is 0.111. The third-order valence-corrected chi connectivity index (χ3v) is 4.33. The first-order valence-corrected chi connectivity index (χ1v) is 7.56. The lowest BCUT2D eigenvalue weighted by Gasteiger charge is -2.33. The summed E-state index contributed by atoms with van der Waals surface area (Å²) >= 11 is 0. The molecule has 0 aromatic carbocycles. The van der Waals surface area contributed by atoms with Gasteiger partial charge in [-0.3, -0.25) is 0 Å². The monoisotopic (exact) mass is 241 g/mol. The Balaban J connectivity index is 2.21. The van der Waals surface area contributed by atoms with Gasteiger partial charge in [0, 0.05) is 19.3 Å². The number of hydrogen-bond acceptors (Lipinski definition) is 2. The average molecular weight is 241 g/mol. The molecule has 0 saturated heterocycles. The van der Waals surface area contributed by atoms with E-state index in [0.29, 0.717) is 6.04 Å². The molecule has 1 N–H and O–H groups in total. The molecule has 0 amide bonds. The van der Waals surface area contributed by atoms with Gasteiger partial charge in [-0.2, -0.15) is 0 Å². The number of hydrogen-bond donors (Lipinski definition) is 1. The summed E-state index contributed by atoms with van der Waals surface area (Å²) in [4.78, 5) is 0. The molecule has 1 unspecified atom stereocenters. The van der Waals surface area contributed by atoms with Gasteiger partial charge < -0.3 is 10.1 Å². The number of nitrogens with one attached hydrogen (secondary N) is 1. The van der Waals surface area contributed by atoms with Crippen LogP contribution in [0.25, 0.3) is 0 Å². The van der Waals surface area contributed by atoms with Crippen molar-refractivity contribution in [3.05, 3.63) is 0 Å². The third-order valence-electron chi connectivity index (χ3n) is 4.33. The Labute approximate surface area is 108 Å². The van der Waals surface area contributed by atoms with Crippen molar-refractivity contribution in [1.82, 2.24) is 5.32 Å². The van der Waals surface area contributed by atoms with Gasteiger partial charge in [-0.1, -0.05) is 33.1 Å². The zero-order chi connectivity index (χ0) is 12.5. The molecule has 0 aromatic heterocycles. The van der Waals surface area contributed by atoms with Gasteiger partial charge >= 0.3 is 0 Å². The van der Waals surface area contributed by atoms with E-state index in [0.717, 1.165) is 31.5 Å². The largest absolute Gasteiger partial charge is 0.381 e. The molecule has 1 atom stereocenters. The lowest BCUT2D eigenvalue weighted by atomic mass is 9.77. The Morgan fingerprint density at radius 1 is 1.12 bits per heavy atom. The molecule has 1 rings (SSSR count). The maximum Gasteiger partial charge on any atom is 0.0480 e. The summed E-state index contributed by atoms with van der Waals surface area (Å²) in [7, 11) is 2.11. The second kappa shape index (κ2) is 8.93. The lowest BCUT2D eigenvalue weighted by Crippen LogP contribution is -2.36. The fourth-order valence-corrected chi connectivity index (χ4v) is 3.07. The van der Waals surface area contributed by atoms with Crippen molar-refractivity contribution in [1.29, 1.82) is 0 Å². The van der Waals surface area contributed by atoms with Gasteiger partial charge in [0.25, 0.3) is 0 Å². The molecule has 1 aliphatic rings. The first-order valence-electron chi connectivity index (χ1n) is 7.56. The van der Waals surface area contributed by atoms with E-state index in [9.17, 15) is 0 Å². The Kier molecular flexibility index (Phi) is 7.87. The van der Waals surface area contributed by atoms with Crippen LogP contribution in [0.1, 0.15) is 58.8 Å². The summed E-state index contributed by atoms with van der Waals surface area (Å²) in [6.45, 7) is 6.34. The van der Waals surface area contributed by atoms with Gasteiger partial charge in [-0.05, 0) is 44.6 Å². The zero-order valence-corrected chi connectivity index (χ0v) is 12.0. The molecule has 1 saturated carbocycles. The van der Waals surface area contributed by atoms with E-state index in [-0.39, 0.29) is 0 Å². The molecule has 0 aromatic rings. The van der Waals surface area contributed by atoms with Crippen LogP contribution in [0.15, 0.2) is 0 Å². The molecule has 1 aliphatic carbocycles. The summed E-state index contributed by atoms with van der Waals surface area (Å²) in [6.07, 6.45) is 9.39. The van der Waals surface area contributed by atoms with E-state index < -0.39 is 0 Å². The van der Waals surface area contributed by atoms with Crippen LogP contribution in [0.3, 0.4) is 0 Å². The molecule has 17 heavy (non-hydrogen) atoms. The zero-order valence-electron chi connectivity index (χ0n) is 12.0. The summed E-state index contributed by atoms with van der Waals surface area (Å²) in [5.74, 6) is 1.88. The minimum atomic E-state index is 0.671. The van der Waals surface area contributed by atoms with Crippen molar-refractivity contribution in [3.8, 4) is 0 Å². The van der Waals surface area contributed by atoms with Crippen LogP contribution in [0, 0.1) is 11.8 Å². The predicted octanol–water partition coefficient (Wildman–Crippen LogP) is 3.61. The number of ether oxygens (including phenoxy) is 1. The van der Waals surface area contributed by atoms with Crippen LogP contribution in [-0.4, -0.2) is 26.3 Å². The van der Waals surface area contributed by atoms with Gasteiger partial charge in [0.2, 0.25) is 0 Å². The molecule has 1 fully saturated rings. The minimum Gasteiger partial charge on any atom is -0.381 e. The molecule has 102 valence electrons. The van der Waals surface area contributed by atoms with Crippen molar-refractivity contribution >= 4 is 0 Å². The summed E-state index contributed by atoms with van der Waals surface area (Å²) in [5.41, 5.74) is 0. The summed E-state index contributed by atoms with van der Waals surface area (Å²) < 4.78 is 5.61. The quantitative estimate of drug-likeness (QED) is 0.656. The van der Waals surface area contributed by atoms with E-state index >= 15 is 0 Å². The van der Waals surface area contributed by atoms with Crippen molar-refractivity contribution in [3.63, 3.8) is 0 Å². The van der Waals surface area contributed by atoms with Gasteiger partial charge in [-0.15, -0.1) is 0 Å². The van der Waals surface area contributed by atoms with E-state index in [4.69, 9.17) is 4.74 Å².